The largest absolute Gasteiger partial charge is 0.453 e. The topological polar surface area (TPSA) is 72.0 Å². The molecule has 0 saturated carbocycles. The Bertz CT molecular complexity index is 1080. The highest BCUT2D eigenvalue weighted by atomic mass is 32.1. The van der Waals surface area contributed by atoms with Crippen molar-refractivity contribution in [3.05, 3.63) is 75.0 Å². The molecular weight excluding hydrogens is 356 g/mol. The maximum Gasteiger partial charge on any atom is 0.348 e. The number of ether oxygens (including phenoxy) is 1. The van der Waals surface area contributed by atoms with Crippen molar-refractivity contribution in [3.8, 4) is 10.4 Å². The van der Waals surface area contributed by atoms with Crippen molar-refractivity contribution in [2.24, 2.45) is 0 Å². The number of aromatic nitrogens is 2. The predicted octanol–water partition coefficient (Wildman–Crippen LogP) is 4.07. The Kier molecular flexibility index (Phi) is 4.17. The minimum absolute atomic E-state index is 0.0690. The summed E-state index contributed by atoms with van der Waals surface area (Å²) in [5.74, 6) is -0.0854. The fourth-order valence-electron chi connectivity index (χ4n) is 2.39. The zero-order chi connectivity index (χ0) is 17.2. The molecule has 1 N–H and O–H groups in total. The highest BCUT2D eigenvalue weighted by Crippen LogP contribution is 2.30. The Morgan fingerprint density at radius 2 is 2.00 bits per heavy atom. The average molecular weight is 368 g/mol. The maximum atomic E-state index is 12.3. The van der Waals surface area contributed by atoms with Crippen LogP contribution in [0.4, 0.5) is 0 Å². The van der Waals surface area contributed by atoms with E-state index in [-0.39, 0.29) is 12.2 Å². The average Bonchev–Trinajstić information content (AvgIpc) is 3.30. The fourth-order valence-corrected chi connectivity index (χ4v) is 4.06. The van der Waals surface area contributed by atoms with Crippen molar-refractivity contribution in [1.29, 1.82) is 0 Å². The molecule has 0 radical (unpaired) electrons. The highest BCUT2D eigenvalue weighted by Gasteiger charge is 2.12. The van der Waals surface area contributed by atoms with Crippen LogP contribution < -0.4 is 5.56 Å². The number of rotatable bonds is 4. The lowest BCUT2D eigenvalue weighted by Gasteiger charge is -2.02. The zero-order valence-corrected chi connectivity index (χ0v) is 14.5. The molecule has 0 amide bonds. The van der Waals surface area contributed by atoms with Crippen LogP contribution in [0.25, 0.3) is 20.7 Å². The minimum Gasteiger partial charge on any atom is -0.453 e. The minimum atomic E-state index is -0.422. The number of fused-ring (bicyclic) bond motifs is 1. The molecule has 4 aromatic rings. The fraction of sp³-hybridized carbons (Fsp3) is 0.0556. The summed E-state index contributed by atoms with van der Waals surface area (Å²) < 4.78 is 5.21. The number of carbonyl (C=O) groups excluding carboxylic acids is 1. The Hall–Kier alpha value is -2.77. The molecule has 0 fully saturated rings. The second-order valence-electron chi connectivity index (χ2n) is 5.26. The molecule has 0 bridgehead atoms. The first-order chi connectivity index (χ1) is 12.2. The lowest BCUT2D eigenvalue weighted by molar-refractivity contribution is 0.0468. The number of esters is 1. The normalized spacial score (nSPS) is 10.9. The molecule has 25 heavy (non-hydrogen) atoms. The number of nitrogens with one attached hydrogen (secondary N) is 1. The molecule has 5 nitrogen and oxygen atoms in total. The molecule has 4 rings (SSSR count). The predicted molar refractivity (Wildman–Crippen MR) is 99.1 cm³/mol. The molecule has 124 valence electrons. The van der Waals surface area contributed by atoms with E-state index in [1.54, 1.807) is 17.5 Å². The summed E-state index contributed by atoms with van der Waals surface area (Å²) in [6, 6.07) is 15.1. The molecule has 0 aliphatic rings. The molecule has 7 heteroatoms. The molecule has 0 aliphatic carbocycles. The van der Waals surface area contributed by atoms with Crippen molar-refractivity contribution in [3.63, 3.8) is 0 Å². The monoisotopic (exact) mass is 368 g/mol. The lowest BCUT2D eigenvalue weighted by Crippen LogP contribution is -2.13. The van der Waals surface area contributed by atoms with Gasteiger partial charge < -0.3 is 9.72 Å². The third kappa shape index (κ3) is 3.24. The first-order valence-electron chi connectivity index (χ1n) is 7.49. The second-order valence-corrected chi connectivity index (χ2v) is 7.24. The molecule has 0 unspecified atom stereocenters. The SMILES string of the molecule is O=C(OCc1nc2sc(-c3ccccc3)cc2c(=O)[nH]1)c1cccs1. The first kappa shape index (κ1) is 15.7. The van der Waals surface area contributed by atoms with Crippen LogP contribution in [0.3, 0.4) is 0 Å². The first-order valence-corrected chi connectivity index (χ1v) is 9.19. The standard InChI is InChI=1S/C18H12N2O3S2/c21-16-12-9-14(11-5-2-1-3-6-11)25-17(12)20-15(19-16)10-23-18(22)13-7-4-8-24-13/h1-9H,10H2,(H,19,20,21). The number of hydrogen-bond donors (Lipinski definition) is 1. The molecule has 1 aromatic carbocycles. The van der Waals surface area contributed by atoms with E-state index in [0.717, 1.165) is 10.4 Å². The van der Waals surface area contributed by atoms with Gasteiger partial charge in [0, 0.05) is 4.88 Å². The summed E-state index contributed by atoms with van der Waals surface area (Å²) >= 11 is 2.75. The molecule has 0 saturated heterocycles. The van der Waals surface area contributed by atoms with Gasteiger partial charge in [0.1, 0.15) is 22.1 Å². The number of H-pyrrole nitrogens is 1. The number of hydrogen-bond acceptors (Lipinski definition) is 6. The number of carbonyl (C=O) groups is 1. The van der Waals surface area contributed by atoms with E-state index in [2.05, 4.69) is 9.97 Å². The van der Waals surface area contributed by atoms with Gasteiger partial charge in [-0.05, 0) is 23.1 Å². The number of aromatic amines is 1. The third-order valence-electron chi connectivity index (χ3n) is 3.57. The summed E-state index contributed by atoms with van der Waals surface area (Å²) in [7, 11) is 0. The molecule has 0 aliphatic heterocycles. The highest BCUT2D eigenvalue weighted by molar-refractivity contribution is 7.21. The van der Waals surface area contributed by atoms with Crippen LogP contribution in [0, 0.1) is 0 Å². The summed E-state index contributed by atoms with van der Waals surface area (Å²) in [6.45, 7) is -0.0690. The van der Waals surface area contributed by atoms with E-state index in [0.29, 0.717) is 20.9 Å². The Morgan fingerprint density at radius 3 is 2.76 bits per heavy atom. The van der Waals surface area contributed by atoms with Gasteiger partial charge in [0.05, 0.1) is 5.39 Å². The van der Waals surface area contributed by atoms with Crippen molar-refractivity contribution in [2.75, 3.05) is 0 Å². The van der Waals surface area contributed by atoms with E-state index in [4.69, 9.17) is 4.74 Å². The Balaban J connectivity index is 1.61. The van der Waals surface area contributed by atoms with Crippen LogP contribution in [0.2, 0.25) is 0 Å². The zero-order valence-electron chi connectivity index (χ0n) is 12.9. The Labute approximate surface area is 150 Å². The number of benzene rings is 1. The van der Waals surface area contributed by atoms with Crippen LogP contribution in [-0.4, -0.2) is 15.9 Å². The van der Waals surface area contributed by atoms with E-state index in [1.165, 1.54) is 22.7 Å². The van der Waals surface area contributed by atoms with Gasteiger partial charge in [-0.3, -0.25) is 4.79 Å². The maximum absolute atomic E-state index is 12.3. The van der Waals surface area contributed by atoms with Gasteiger partial charge in [-0.15, -0.1) is 22.7 Å². The van der Waals surface area contributed by atoms with Gasteiger partial charge in [-0.1, -0.05) is 36.4 Å². The van der Waals surface area contributed by atoms with Crippen LogP contribution in [0.1, 0.15) is 15.5 Å². The summed E-state index contributed by atoms with van der Waals surface area (Å²) in [4.78, 5) is 33.4. The van der Waals surface area contributed by atoms with Gasteiger partial charge in [-0.2, -0.15) is 0 Å². The van der Waals surface area contributed by atoms with Crippen molar-refractivity contribution in [2.45, 2.75) is 6.61 Å². The van der Waals surface area contributed by atoms with Gasteiger partial charge in [0.25, 0.3) is 5.56 Å². The molecule has 3 heterocycles. The molecular formula is C18H12N2O3S2. The summed E-state index contributed by atoms with van der Waals surface area (Å²) in [6.07, 6.45) is 0. The molecule has 0 spiro atoms. The molecule has 3 aromatic heterocycles. The van der Waals surface area contributed by atoms with Crippen LogP contribution in [0.5, 0.6) is 0 Å². The Morgan fingerprint density at radius 1 is 1.16 bits per heavy atom. The second kappa shape index (κ2) is 6.62. The number of nitrogens with zero attached hydrogens (tertiary/aromatic N) is 1. The van der Waals surface area contributed by atoms with Crippen LogP contribution in [-0.2, 0) is 11.3 Å². The van der Waals surface area contributed by atoms with Crippen LogP contribution in [0.15, 0.2) is 58.7 Å². The third-order valence-corrected chi connectivity index (χ3v) is 5.50. The van der Waals surface area contributed by atoms with E-state index >= 15 is 0 Å². The van der Waals surface area contributed by atoms with E-state index in [9.17, 15) is 9.59 Å². The van der Waals surface area contributed by atoms with Crippen molar-refractivity contribution < 1.29 is 9.53 Å². The van der Waals surface area contributed by atoms with Gasteiger partial charge >= 0.3 is 5.97 Å². The van der Waals surface area contributed by atoms with Crippen molar-refractivity contribution in [1.82, 2.24) is 9.97 Å². The quantitative estimate of drug-likeness (QED) is 0.551. The van der Waals surface area contributed by atoms with Gasteiger partial charge in [0.2, 0.25) is 0 Å². The van der Waals surface area contributed by atoms with Crippen molar-refractivity contribution >= 4 is 38.9 Å². The summed E-state index contributed by atoms with van der Waals surface area (Å²) in [5.41, 5.74) is 0.807. The summed E-state index contributed by atoms with van der Waals surface area (Å²) in [5, 5.41) is 2.34. The van der Waals surface area contributed by atoms with Gasteiger partial charge in [0.15, 0.2) is 0 Å². The molecule has 0 atom stereocenters. The smallest absolute Gasteiger partial charge is 0.348 e. The number of thiophene rings is 2. The van der Waals surface area contributed by atoms with E-state index in [1.807, 2.05) is 36.4 Å². The lowest BCUT2D eigenvalue weighted by atomic mass is 10.2. The van der Waals surface area contributed by atoms with Gasteiger partial charge in [-0.25, -0.2) is 9.78 Å². The van der Waals surface area contributed by atoms with E-state index < -0.39 is 5.97 Å². The van der Waals surface area contributed by atoms with Crippen LogP contribution >= 0.6 is 22.7 Å².